The van der Waals surface area contributed by atoms with Crippen molar-refractivity contribution in [2.75, 3.05) is 13.6 Å². The van der Waals surface area contributed by atoms with Crippen LogP contribution in [0.2, 0.25) is 0 Å². The van der Waals surface area contributed by atoms with Gasteiger partial charge in [0.2, 0.25) is 82.7 Å². The molecule has 2 aliphatic rings. The third-order valence-electron chi connectivity index (χ3n) is 17.6. The fourth-order valence-corrected chi connectivity index (χ4v) is 11.4. The molecule has 98 heavy (non-hydrogen) atoms. The van der Waals surface area contributed by atoms with E-state index in [-0.39, 0.29) is 44.6 Å². The largest absolute Gasteiger partial charge is 0.391 e. The van der Waals surface area contributed by atoms with Gasteiger partial charge in [0.15, 0.2) is 6.10 Å². The summed E-state index contributed by atoms with van der Waals surface area (Å²) in [4.78, 5) is 199. The van der Waals surface area contributed by atoms with Crippen LogP contribution in [0.25, 0.3) is 0 Å². The Morgan fingerprint density at radius 2 is 1.01 bits per heavy atom. The van der Waals surface area contributed by atoms with Crippen molar-refractivity contribution in [2.24, 2.45) is 41.1 Å². The summed E-state index contributed by atoms with van der Waals surface area (Å²) in [6.45, 7) is 21.2. The van der Waals surface area contributed by atoms with Crippen LogP contribution in [0.15, 0.2) is 0 Å². The van der Waals surface area contributed by atoms with Crippen molar-refractivity contribution in [2.45, 2.75) is 283 Å². The average Bonchev–Trinajstić information content (AvgIpc) is 1.70. The van der Waals surface area contributed by atoms with Crippen molar-refractivity contribution in [1.29, 1.82) is 0 Å². The summed E-state index contributed by atoms with van der Waals surface area (Å²) < 4.78 is 0. The van der Waals surface area contributed by atoms with E-state index in [9.17, 15) is 92.7 Å². The highest BCUT2D eigenvalue weighted by Gasteiger charge is 2.46. The lowest BCUT2D eigenvalue weighted by Crippen LogP contribution is -2.65. The Morgan fingerprint density at radius 1 is 0.520 bits per heavy atom. The fraction of sp³-hybridized carbons (Fsp3) is 0.785. The third kappa shape index (κ3) is 26.2. The lowest BCUT2D eigenvalue weighted by Gasteiger charge is -2.36. The molecule has 0 spiro atoms. The fourth-order valence-electron chi connectivity index (χ4n) is 11.4. The van der Waals surface area contributed by atoms with Gasteiger partial charge < -0.3 is 100.0 Å². The highest BCUT2D eigenvalue weighted by atomic mass is 16.3. The van der Waals surface area contributed by atoms with E-state index >= 15 is 0 Å². The lowest BCUT2D eigenvalue weighted by molar-refractivity contribution is -0.148. The van der Waals surface area contributed by atoms with Crippen molar-refractivity contribution in [3.8, 4) is 0 Å². The van der Waals surface area contributed by atoms with Gasteiger partial charge in [0.1, 0.15) is 66.5 Å². The molecule has 0 aliphatic carbocycles. The highest BCUT2D eigenvalue weighted by Crippen LogP contribution is 2.23. The van der Waals surface area contributed by atoms with E-state index in [4.69, 9.17) is 11.5 Å². The first-order chi connectivity index (χ1) is 45.6. The number of nitrogens with one attached hydrogen (secondary N) is 10. The topological polar surface area (TPSA) is 519 Å². The molecule has 558 valence electrons. The lowest BCUT2D eigenvalue weighted by atomic mass is 9.94. The van der Waals surface area contributed by atoms with Crippen LogP contribution in [0.5, 0.6) is 0 Å². The molecule has 33 heteroatoms. The Bertz CT molecular complexity index is 2750. The van der Waals surface area contributed by atoms with Gasteiger partial charge in [0.05, 0.1) is 24.4 Å². The molecular weight excluding hydrogens is 1280 g/mol. The second-order valence-electron chi connectivity index (χ2n) is 27.6. The number of nitrogens with two attached hydrogens (primary N) is 2. The SMILES string of the molecule is CCCCCCC[C@H]1CC(=O)N[C@@H](C(C)C)C(=O)N[C@@H](C(O)C(C)C)C(=O)N[C@@H](C)C(=O)N[C@@H](C(O)C(C)C)C(=O)N[C@@H](CCC(N)=O)C(=O)N(C)[C@@H]([C@@H](C)CC)C(=O)N[C@@H](C(O)C(N)=O)C(=O)N[C@@H]([C@@H](C)O)C(=O)N2CCC[C@H]2C(=O)N[C@@H](CC(C)C)C(=O)N[C@@H]([C@@H](C)O)C(=O)N1. The van der Waals surface area contributed by atoms with E-state index in [0.29, 0.717) is 12.8 Å². The Hall–Kier alpha value is -7.62. The Kier molecular flexibility index (Phi) is 36.2. The van der Waals surface area contributed by atoms with E-state index < -0.39 is 229 Å². The minimum Gasteiger partial charge on any atom is -0.391 e. The van der Waals surface area contributed by atoms with E-state index in [1.54, 1.807) is 34.6 Å². The molecule has 2 saturated heterocycles. The molecule has 0 aromatic carbocycles. The summed E-state index contributed by atoms with van der Waals surface area (Å²) in [6.07, 6.45) is -6.56. The van der Waals surface area contributed by atoms with Gasteiger partial charge in [-0.05, 0) is 82.5 Å². The van der Waals surface area contributed by atoms with Gasteiger partial charge in [-0.1, -0.05) is 115 Å². The number of carbonyl (C=O) groups excluding carboxylic acids is 14. The summed E-state index contributed by atoms with van der Waals surface area (Å²) in [7, 11) is 1.11. The van der Waals surface area contributed by atoms with Crippen LogP contribution in [0.4, 0.5) is 0 Å². The van der Waals surface area contributed by atoms with Crippen molar-refractivity contribution >= 4 is 82.7 Å². The molecule has 14 amide bonds. The number of likely N-dealkylation sites (N-methyl/N-ethyl adjacent to an activating group) is 1. The smallest absolute Gasteiger partial charge is 0.248 e. The average molecular weight is 1400 g/mol. The molecule has 18 atom stereocenters. The summed E-state index contributed by atoms with van der Waals surface area (Å²) >= 11 is 0. The van der Waals surface area contributed by atoms with Gasteiger partial charge >= 0.3 is 0 Å². The molecule has 33 nitrogen and oxygen atoms in total. The van der Waals surface area contributed by atoms with Crippen molar-refractivity contribution in [3.05, 3.63) is 0 Å². The number of primary amides is 2. The number of amides is 14. The van der Waals surface area contributed by atoms with Gasteiger partial charge in [-0.15, -0.1) is 0 Å². The zero-order valence-electron chi connectivity index (χ0n) is 59.6. The van der Waals surface area contributed by atoms with Crippen LogP contribution >= 0.6 is 0 Å². The standard InChI is InChI=1S/C65H114N14O19/c1-16-18-19-20-21-23-38-29-43(83)72-44(31(5)6)58(91)76-47(51(84)32(7)8)60(93)68-35(12)55(88)75-48(52(85)33(9)10)61(94)70-39(25-26-42(66)82)64(97)78(15)50(34(11)17-2)63(96)77-49(53(86)54(67)87)62(95)74-46(37(14)81)65(98)79-27-22-24-41(79)57(90)71-40(28-30(3)4)56(89)73-45(36(13)80)59(92)69-38/h30-41,44-53,80-81,84-86H,16-29H2,1-15H3,(H2,66,82)(H2,67,87)(H,68,93)(H,69,92)(H,70,94)(H,71,90)(H,72,83)(H,73,89)(H,74,95)(H,75,88)(H,76,91)(H,77,96)/t34-,35-,36+,37+,38-,39-,40-,41-,44-,45-,46-,47-,48-,49-,50-,51?,52?,53?/m0/s1. The Balaban J connectivity index is 2.98. The summed E-state index contributed by atoms with van der Waals surface area (Å²) in [5.74, 6) is -18.6. The summed E-state index contributed by atoms with van der Waals surface area (Å²) in [5, 5.41) is 81.1. The number of carbonyl (C=O) groups is 14. The van der Waals surface area contributed by atoms with Crippen LogP contribution in [-0.4, -0.2) is 235 Å². The molecule has 2 heterocycles. The van der Waals surface area contributed by atoms with Gasteiger partial charge in [-0.3, -0.25) is 67.1 Å². The number of hydrogen-bond acceptors (Lipinski definition) is 19. The van der Waals surface area contributed by atoms with Crippen molar-refractivity contribution < 1.29 is 92.7 Å². The van der Waals surface area contributed by atoms with Crippen LogP contribution in [0.3, 0.4) is 0 Å². The molecule has 2 rings (SSSR count). The predicted molar refractivity (Wildman–Crippen MR) is 357 cm³/mol. The zero-order valence-corrected chi connectivity index (χ0v) is 59.6. The van der Waals surface area contributed by atoms with Crippen molar-refractivity contribution in [3.63, 3.8) is 0 Å². The maximum absolute atomic E-state index is 14.8. The number of aliphatic hydroxyl groups excluding tert-OH is 5. The number of unbranched alkanes of at least 4 members (excludes halogenated alkanes) is 4. The van der Waals surface area contributed by atoms with Crippen LogP contribution in [-0.2, 0) is 67.1 Å². The van der Waals surface area contributed by atoms with E-state index in [1.165, 1.54) is 48.5 Å². The molecule has 0 radical (unpaired) electrons. The number of aliphatic hydroxyl groups is 5. The van der Waals surface area contributed by atoms with E-state index in [0.717, 1.165) is 43.0 Å². The quantitative estimate of drug-likeness (QED) is 0.0461. The first-order valence-corrected chi connectivity index (χ1v) is 34.2. The molecule has 2 aliphatic heterocycles. The van der Waals surface area contributed by atoms with Gasteiger partial charge in [-0.25, -0.2) is 0 Å². The number of fused-ring (bicyclic) bond motifs is 1. The van der Waals surface area contributed by atoms with Crippen LogP contribution in [0, 0.1) is 29.6 Å². The molecule has 0 saturated carbocycles. The number of nitrogens with zero attached hydrogens (tertiary/aromatic N) is 2. The van der Waals surface area contributed by atoms with Crippen molar-refractivity contribution in [1.82, 2.24) is 63.0 Å². The number of hydrogen-bond donors (Lipinski definition) is 17. The molecule has 0 bridgehead atoms. The highest BCUT2D eigenvalue weighted by molar-refractivity contribution is 6.01. The minimum atomic E-state index is -2.56. The van der Waals surface area contributed by atoms with Gasteiger partial charge in [0, 0.05) is 32.5 Å². The molecule has 19 N–H and O–H groups in total. The minimum absolute atomic E-state index is 0.00655. The maximum atomic E-state index is 14.8. The summed E-state index contributed by atoms with van der Waals surface area (Å²) in [5.41, 5.74) is 11.0. The van der Waals surface area contributed by atoms with Gasteiger partial charge in [0.25, 0.3) is 0 Å². The molecule has 3 unspecified atom stereocenters. The summed E-state index contributed by atoms with van der Waals surface area (Å²) in [6, 6.07) is -20.0. The van der Waals surface area contributed by atoms with E-state index in [1.807, 2.05) is 6.92 Å². The predicted octanol–water partition coefficient (Wildman–Crippen LogP) is -3.91. The Labute approximate surface area is 574 Å². The maximum Gasteiger partial charge on any atom is 0.248 e. The normalized spacial score (nSPS) is 27.9. The monoisotopic (exact) mass is 1390 g/mol. The second kappa shape index (κ2) is 41.1. The number of rotatable bonds is 22. The molecule has 0 aromatic rings. The molecule has 2 fully saturated rings. The second-order valence-corrected chi connectivity index (χ2v) is 27.6. The molecule has 0 aromatic heterocycles. The molecular formula is C65H114N14O19. The van der Waals surface area contributed by atoms with Crippen LogP contribution < -0.4 is 64.6 Å². The first kappa shape index (κ1) is 86.5. The first-order valence-electron chi connectivity index (χ1n) is 34.2. The van der Waals surface area contributed by atoms with Gasteiger partial charge in [-0.2, -0.15) is 0 Å². The zero-order chi connectivity index (χ0) is 74.9. The third-order valence-corrected chi connectivity index (χ3v) is 17.6. The van der Waals surface area contributed by atoms with Crippen LogP contribution in [0.1, 0.15) is 180 Å². The Morgan fingerprint density at radius 3 is 1.52 bits per heavy atom. The van der Waals surface area contributed by atoms with E-state index in [2.05, 4.69) is 53.2 Å².